The zero-order chi connectivity index (χ0) is 12.3. The smallest absolute Gasteiger partial charge is 0.330 e. The maximum Gasteiger partial charge on any atom is 0.330 e. The molecule has 1 heterocycles. The minimum Gasteiger partial charge on any atom is -0.464 e. The summed E-state index contributed by atoms with van der Waals surface area (Å²) in [4.78, 5) is 12.2. The first-order valence-electron chi connectivity index (χ1n) is 5.87. The highest BCUT2D eigenvalue weighted by Gasteiger charge is 2.44. The van der Waals surface area contributed by atoms with Crippen LogP contribution in [0.5, 0.6) is 0 Å². The van der Waals surface area contributed by atoms with Gasteiger partial charge < -0.3 is 4.74 Å². The minimum atomic E-state index is -0.653. The van der Waals surface area contributed by atoms with Gasteiger partial charge in [0.25, 0.3) is 0 Å². The molecular formula is C13H16BrNO2. The molecule has 1 aliphatic heterocycles. The fraction of sp³-hybridized carbons (Fsp3) is 0.462. The first-order valence-corrected chi connectivity index (χ1v) is 6.66. The van der Waals surface area contributed by atoms with Crippen LogP contribution >= 0.6 is 15.9 Å². The van der Waals surface area contributed by atoms with Crippen LogP contribution < -0.4 is 5.32 Å². The Bertz CT molecular complexity index is 414. The van der Waals surface area contributed by atoms with Gasteiger partial charge in [0.15, 0.2) is 0 Å². The van der Waals surface area contributed by atoms with E-state index in [2.05, 4.69) is 21.2 Å². The van der Waals surface area contributed by atoms with E-state index in [1.807, 2.05) is 31.2 Å². The second-order valence-corrected chi connectivity index (χ2v) is 5.08. The van der Waals surface area contributed by atoms with Gasteiger partial charge in [-0.2, -0.15) is 0 Å². The molecule has 3 nitrogen and oxygen atoms in total. The number of hydrogen-bond acceptors (Lipinski definition) is 3. The summed E-state index contributed by atoms with van der Waals surface area (Å²) in [5.74, 6) is -0.171. The summed E-state index contributed by atoms with van der Waals surface area (Å²) >= 11 is 3.44. The van der Waals surface area contributed by atoms with Gasteiger partial charge in [-0.05, 0) is 44.0 Å². The quantitative estimate of drug-likeness (QED) is 0.872. The molecule has 92 valence electrons. The van der Waals surface area contributed by atoms with Gasteiger partial charge in [0.2, 0.25) is 0 Å². The maximum atomic E-state index is 12.2. The number of esters is 1. The van der Waals surface area contributed by atoms with Crippen molar-refractivity contribution in [1.82, 2.24) is 5.32 Å². The van der Waals surface area contributed by atoms with E-state index in [9.17, 15) is 4.79 Å². The lowest BCUT2D eigenvalue weighted by Crippen LogP contribution is -2.45. The van der Waals surface area contributed by atoms with Crippen molar-refractivity contribution in [2.45, 2.75) is 25.3 Å². The van der Waals surface area contributed by atoms with Crippen molar-refractivity contribution in [2.24, 2.45) is 0 Å². The molecule has 0 amide bonds. The van der Waals surface area contributed by atoms with Crippen molar-refractivity contribution in [3.63, 3.8) is 0 Å². The van der Waals surface area contributed by atoms with Gasteiger partial charge in [0.05, 0.1) is 6.61 Å². The molecule has 0 aromatic heterocycles. The molecule has 0 bridgehead atoms. The van der Waals surface area contributed by atoms with Crippen LogP contribution in [0.1, 0.15) is 25.3 Å². The predicted molar refractivity (Wildman–Crippen MR) is 69.7 cm³/mol. The van der Waals surface area contributed by atoms with Gasteiger partial charge in [0.1, 0.15) is 5.54 Å². The normalized spacial score (nSPS) is 23.6. The summed E-state index contributed by atoms with van der Waals surface area (Å²) < 4.78 is 6.19. The van der Waals surface area contributed by atoms with Gasteiger partial charge in [0, 0.05) is 4.47 Å². The first-order chi connectivity index (χ1) is 8.19. The third kappa shape index (κ3) is 2.38. The van der Waals surface area contributed by atoms with Gasteiger partial charge in [-0.1, -0.05) is 28.1 Å². The van der Waals surface area contributed by atoms with Gasteiger partial charge in [-0.15, -0.1) is 0 Å². The highest BCUT2D eigenvalue weighted by molar-refractivity contribution is 9.10. The fourth-order valence-corrected chi connectivity index (χ4v) is 2.69. The van der Waals surface area contributed by atoms with Crippen LogP contribution in [0, 0.1) is 0 Å². The minimum absolute atomic E-state index is 0.171. The molecule has 1 aliphatic rings. The average molecular weight is 298 g/mol. The van der Waals surface area contributed by atoms with Crippen molar-refractivity contribution in [3.05, 3.63) is 34.3 Å². The van der Waals surface area contributed by atoms with Crippen molar-refractivity contribution in [1.29, 1.82) is 0 Å². The number of halogens is 1. The molecule has 0 saturated carbocycles. The zero-order valence-corrected chi connectivity index (χ0v) is 11.4. The van der Waals surface area contributed by atoms with E-state index in [1.54, 1.807) is 0 Å². The van der Waals surface area contributed by atoms with Gasteiger partial charge >= 0.3 is 5.97 Å². The summed E-state index contributed by atoms with van der Waals surface area (Å²) in [5.41, 5.74) is 0.322. The Balaban J connectivity index is 2.37. The summed E-state index contributed by atoms with van der Waals surface area (Å²) in [6.07, 6.45) is 1.79. The third-order valence-electron chi connectivity index (χ3n) is 3.10. The van der Waals surface area contributed by atoms with Crippen LogP contribution in [0.25, 0.3) is 0 Å². The number of carbonyl (C=O) groups excluding carboxylic acids is 1. The summed E-state index contributed by atoms with van der Waals surface area (Å²) in [5, 5.41) is 3.30. The van der Waals surface area contributed by atoms with Gasteiger partial charge in [-0.25, -0.2) is 4.79 Å². The van der Waals surface area contributed by atoms with Crippen molar-refractivity contribution < 1.29 is 9.53 Å². The average Bonchev–Trinajstić information content (AvgIpc) is 2.79. The summed E-state index contributed by atoms with van der Waals surface area (Å²) in [7, 11) is 0. The van der Waals surface area contributed by atoms with Crippen LogP contribution in [0.3, 0.4) is 0 Å². The molecule has 0 radical (unpaired) electrons. The molecule has 0 spiro atoms. The molecule has 1 unspecified atom stereocenters. The van der Waals surface area contributed by atoms with Crippen molar-refractivity contribution in [3.8, 4) is 0 Å². The maximum absolute atomic E-state index is 12.2. The number of benzene rings is 1. The van der Waals surface area contributed by atoms with E-state index in [0.29, 0.717) is 6.61 Å². The standard InChI is InChI=1S/C13H16BrNO2/c1-2-17-12(16)13(7-4-8-15-13)10-5-3-6-11(14)9-10/h3,5-6,9,15H,2,4,7-8H2,1H3. The van der Waals surface area contributed by atoms with Gasteiger partial charge in [-0.3, -0.25) is 5.32 Å². The highest BCUT2D eigenvalue weighted by atomic mass is 79.9. The molecule has 2 rings (SSSR count). The van der Waals surface area contributed by atoms with E-state index >= 15 is 0 Å². The number of carbonyl (C=O) groups is 1. The molecule has 1 fully saturated rings. The summed E-state index contributed by atoms with van der Waals surface area (Å²) in [6.45, 7) is 3.10. The molecular weight excluding hydrogens is 282 g/mol. The highest BCUT2D eigenvalue weighted by Crippen LogP contribution is 2.33. The number of ether oxygens (including phenoxy) is 1. The lowest BCUT2D eigenvalue weighted by molar-refractivity contribution is -0.151. The molecule has 1 aromatic rings. The van der Waals surface area contributed by atoms with E-state index in [4.69, 9.17) is 4.74 Å². The number of hydrogen-bond donors (Lipinski definition) is 1. The van der Waals surface area contributed by atoms with Crippen LogP contribution in [-0.4, -0.2) is 19.1 Å². The van der Waals surface area contributed by atoms with Crippen LogP contribution in [0.2, 0.25) is 0 Å². The van der Waals surface area contributed by atoms with E-state index in [-0.39, 0.29) is 5.97 Å². The monoisotopic (exact) mass is 297 g/mol. The fourth-order valence-electron chi connectivity index (χ4n) is 2.29. The van der Waals surface area contributed by atoms with Crippen molar-refractivity contribution in [2.75, 3.05) is 13.2 Å². The molecule has 0 aliphatic carbocycles. The second-order valence-electron chi connectivity index (χ2n) is 4.17. The Morgan fingerprint density at radius 3 is 3.00 bits per heavy atom. The van der Waals surface area contributed by atoms with Crippen LogP contribution in [0.15, 0.2) is 28.7 Å². The Kier molecular flexibility index (Phi) is 3.84. The lowest BCUT2D eigenvalue weighted by Gasteiger charge is -2.27. The Labute approximate surface area is 110 Å². The Morgan fingerprint density at radius 1 is 1.59 bits per heavy atom. The van der Waals surface area contributed by atoms with Crippen LogP contribution in [-0.2, 0) is 15.1 Å². The topological polar surface area (TPSA) is 38.3 Å². The molecule has 1 aromatic carbocycles. The Hall–Kier alpha value is -0.870. The lowest BCUT2D eigenvalue weighted by atomic mass is 9.88. The number of rotatable bonds is 3. The molecule has 4 heteroatoms. The first kappa shape index (κ1) is 12.6. The zero-order valence-electron chi connectivity index (χ0n) is 9.83. The largest absolute Gasteiger partial charge is 0.464 e. The SMILES string of the molecule is CCOC(=O)C1(c2cccc(Br)c2)CCCN1. The van der Waals surface area contributed by atoms with Crippen LogP contribution in [0.4, 0.5) is 0 Å². The van der Waals surface area contributed by atoms with E-state index < -0.39 is 5.54 Å². The predicted octanol–water partition coefficient (Wildman–Crippen LogP) is 2.59. The van der Waals surface area contributed by atoms with Crippen molar-refractivity contribution >= 4 is 21.9 Å². The third-order valence-corrected chi connectivity index (χ3v) is 3.59. The van der Waals surface area contributed by atoms with E-state index in [0.717, 1.165) is 29.4 Å². The molecule has 1 N–H and O–H groups in total. The van der Waals surface area contributed by atoms with E-state index in [1.165, 1.54) is 0 Å². The molecule has 17 heavy (non-hydrogen) atoms. The molecule has 1 saturated heterocycles. The second kappa shape index (κ2) is 5.19. The summed E-state index contributed by atoms with van der Waals surface area (Å²) in [6, 6.07) is 7.85. The Morgan fingerprint density at radius 2 is 2.41 bits per heavy atom. The number of nitrogens with one attached hydrogen (secondary N) is 1. The molecule has 1 atom stereocenters.